The second-order valence-corrected chi connectivity index (χ2v) is 0.289. The first-order chi connectivity index (χ1) is 2.41. The monoisotopic (exact) mass is 131 g/mol. The fourth-order valence-electron chi connectivity index (χ4n) is 0. The average Bonchev–Trinajstić information content (AvgIpc) is 1.46. The first kappa shape index (κ1) is 9.05. The molecule has 0 unspecified atom stereocenters. The Kier molecular flexibility index (Phi) is 46.4. The van der Waals surface area contributed by atoms with Crippen LogP contribution in [-0.4, -0.2) is 0 Å². The quantitative estimate of drug-likeness (QED) is 0.347. The molecule has 0 N–H and O–H groups in total. The summed E-state index contributed by atoms with van der Waals surface area (Å²) in [6.07, 6.45) is 1.50. The molecule has 2 heteroatoms. The van der Waals surface area contributed by atoms with Crippen molar-refractivity contribution in [2.75, 3.05) is 0 Å². The predicted octanol–water partition coefficient (Wildman–Crippen LogP) is 1.69. The maximum absolute atomic E-state index is 4.45. The molecule has 0 radical (unpaired) electrons. The molecule has 0 aliphatic carbocycles. The van der Waals surface area contributed by atoms with E-state index in [0.29, 0.717) is 0 Å². The number of halogens is 1. The first-order valence-corrected chi connectivity index (χ1v) is 2.58. The fourth-order valence-corrected chi connectivity index (χ4v) is 0. The van der Waals surface area contributed by atoms with Gasteiger partial charge in [0, 0.05) is 0 Å². The predicted molar refractivity (Wildman–Crippen MR) is 21.4 cm³/mol. The van der Waals surface area contributed by atoms with Crippen molar-refractivity contribution in [1.29, 1.82) is 0 Å². The summed E-state index contributed by atoms with van der Waals surface area (Å²) in [5, 5.41) is 0. The molecule has 0 spiro atoms. The van der Waals surface area contributed by atoms with Gasteiger partial charge >= 0.3 is 25.2 Å². The minimum atomic E-state index is 1.50. The van der Waals surface area contributed by atoms with Crippen LogP contribution in [0.1, 0.15) is 0 Å². The van der Waals surface area contributed by atoms with Crippen LogP contribution in [0.2, 0.25) is 0 Å². The molecule has 5 heavy (non-hydrogen) atoms. The molecule has 0 heterocycles. The van der Waals surface area contributed by atoms with Crippen molar-refractivity contribution in [3.63, 3.8) is 0 Å². The third-order valence-corrected chi connectivity index (χ3v) is 0. The second kappa shape index (κ2) is 25.6. The van der Waals surface area contributed by atoms with E-state index in [4.69, 9.17) is 0 Å². The zero-order chi connectivity index (χ0) is 4.71. The molecule has 0 fully saturated rings. The Balaban J connectivity index is 0. The average molecular weight is 131 g/mol. The van der Waals surface area contributed by atoms with Crippen LogP contribution < -0.4 is 0 Å². The summed E-state index contributed by atoms with van der Waals surface area (Å²) in [7, 11) is 4.45. The van der Waals surface area contributed by atoms with Crippen molar-refractivity contribution in [3.05, 3.63) is 19.6 Å². The van der Waals surface area contributed by atoms with Gasteiger partial charge in [-0.1, -0.05) is 0 Å². The second-order valence-electron chi connectivity index (χ2n) is 0.289. The molecule has 31 valence electrons. The molecular weight excluding hydrogens is 126 g/mol. The van der Waals surface area contributed by atoms with E-state index in [-0.39, 0.29) is 0 Å². The van der Waals surface area contributed by atoms with E-state index in [1.807, 2.05) is 0 Å². The Hall–Kier alpha value is 0.419. The summed E-state index contributed by atoms with van der Waals surface area (Å²) in [6.45, 7) is 6.50. The molecule has 0 aliphatic rings. The van der Waals surface area contributed by atoms with Crippen LogP contribution in [-0.2, 0) is 15.1 Å². The molecular formula is C3H5ClMn. The van der Waals surface area contributed by atoms with Gasteiger partial charge in [-0.05, 0) is 0 Å². The molecule has 0 aliphatic heterocycles. The summed E-state index contributed by atoms with van der Waals surface area (Å²) in [5.41, 5.74) is 0. The zero-order valence-electron chi connectivity index (χ0n) is 2.75. The van der Waals surface area contributed by atoms with Crippen molar-refractivity contribution in [2.45, 2.75) is 0 Å². The van der Waals surface area contributed by atoms with E-state index >= 15 is 0 Å². The maximum atomic E-state index is 4.45. The van der Waals surface area contributed by atoms with Gasteiger partial charge in [-0.15, -0.1) is 0 Å². The molecule has 0 aromatic heterocycles. The van der Waals surface area contributed by atoms with E-state index in [0.717, 1.165) is 0 Å². The topological polar surface area (TPSA) is 0 Å². The van der Waals surface area contributed by atoms with Crippen LogP contribution in [0.25, 0.3) is 0 Å². The van der Waals surface area contributed by atoms with E-state index in [2.05, 4.69) is 38.7 Å². The SMILES string of the molecule is C=C[CH2-].[Cl][Mn+]. The van der Waals surface area contributed by atoms with Crippen LogP contribution >= 0.6 is 10.1 Å². The third-order valence-electron chi connectivity index (χ3n) is 0. The molecule has 0 bridgehead atoms. The van der Waals surface area contributed by atoms with Crippen LogP contribution in [0.4, 0.5) is 0 Å². The molecule has 0 amide bonds. The Morgan fingerprint density at radius 2 is 1.80 bits per heavy atom. The summed E-state index contributed by atoms with van der Waals surface area (Å²) in [4.78, 5) is 0. The van der Waals surface area contributed by atoms with Crippen LogP contribution in [0, 0.1) is 6.92 Å². The number of hydrogen-bond donors (Lipinski definition) is 0. The molecule has 0 saturated carbocycles. The van der Waals surface area contributed by atoms with Crippen molar-refractivity contribution < 1.29 is 15.1 Å². The summed E-state index contributed by atoms with van der Waals surface area (Å²) >= 11 is 2.41. The number of allylic oxidation sites excluding steroid dienone is 1. The van der Waals surface area contributed by atoms with Gasteiger partial charge in [-0.25, -0.2) is 19.6 Å². The fraction of sp³-hybridized carbons (Fsp3) is 0. The van der Waals surface area contributed by atoms with Gasteiger partial charge in [0.15, 0.2) is 0 Å². The molecule has 0 aromatic rings. The van der Waals surface area contributed by atoms with Gasteiger partial charge in [0.05, 0.1) is 0 Å². The van der Waals surface area contributed by atoms with Gasteiger partial charge < -0.3 is 0 Å². The van der Waals surface area contributed by atoms with Crippen molar-refractivity contribution in [3.8, 4) is 0 Å². The van der Waals surface area contributed by atoms with E-state index in [1.54, 1.807) is 0 Å². The van der Waals surface area contributed by atoms with Gasteiger partial charge in [-0.3, -0.25) is 0 Å². The number of rotatable bonds is 0. The van der Waals surface area contributed by atoms with Crippen LogP contribution in [0.3, 0.4) is 0 Å². The van der Waals surface area contributed by atoms with Crippen molar-refractivity contribution >= 4 is 10.1 Å². The van der Waals surface area contributed by atoms with Crippen LogP contribution in [0.5, 0.6) is 0 Å². The van der Waals surface area contributed by atoms with Crippen molar-refractivity contribution in [2.24, 2.45) is 0 Å². The minimum absolute atomic E-state index is 1.50. The molecule has 0 nitrogen and oxygen atoms in total. The summed E-state index contributed by atoms with van der Waals surface area (Å²) in [5.74, 6) is 0. The van der Waals surface area contributed by atoms with Crippen molar-refractivity contribution in [1.82, 2.24) is 0 Å². The van der Waals surface area contributed by atoms with Gasteiger partial charge in [0.1, 0.15) is 0 Å². The van der Waals surface area contributed by atoms with E-state index in [9.17, 15) is 0 Å². The van der Waals surface area contributed by atoms with Gasteiger partial charge in [0.2, 0.25) is 0 Å². The third kappa shape index (κ3) is 147. The Morgan fingerprint density at radius 1 is 1.80 bits per heavy atom. The first-order valence-electron chi connectivity index (χ1n) is 0.959. The van der Waals surface area contributed by atoms with Gasteiger partial charge in [-0.2, -0.15) is 0 Å². The molecule has 0 saturated heterocycles. The van der Waals surface area contributed by atoms with Gasteiger partial charge in [0.25, 0.3) is 0 Å². The molecule has 0 atom stereocenters. The summed E-state index contributed by atoms with van der Waals surface area (Å²) in [6, 6.07) is 0. The molecule has 0 aromatic carbocycles. The molecule has 0 rings (SSSR count). The zero-order valence-corrected chi connectivity index (χ0v) is 4.68. The standard InChI is InChI=1S/C3H5.ClH.Mn/c1-3-2;;/h3H,1-2H2;1H;/q-1;;+2/p-1. The Bertz CT molecular complexity index is 14.4. The van der Waals surface area contributed by atoms with E-state index < -0.39 is 0 Å². The number of hydrogen-bond acceptors (Lipinski definition) is 0. The summed E-state index contributed by atoms with van der Waals surface area (Å²) < 4.78 is 0. The Morgan fingerprint density at radius 3 is 1.80 bits per heavy atom. The Labute approximate surface area is 45.3 Å². The van der Waals surface area contributed by atoms with E-state index in [1.165, 1.54) is 6.08 Å². The van der Waals surface area contributed by atoms with Crippen LogP contribution in [0.15, 0.2) is 12.7 Å². The normalized spacial score (nSPS) is 3.40.